The summed E-state index contributed by atoms with van der Waals surface area (Å²) in [4.78, 5) is 23.7. The highest BCUT2D eigenvalue weighted by molar-refractivity contribution is 5.93. The van der Waals surface area contributed by atoms with Crippen LogP contribution in [0.25, 0.3) is 0 Å². The van der Waals surface area contributed by atoms with Crippen LogP contribution in [0.4, 0.5) is 5.82 Å². The predicted molar refractivity (Wildman–Crippen MR) is 106 cm³/mol. The highest BCUT2D eigenvalue weighted by atomic mass is 16.5. The molecule has 1 aromatic carbocycles. The first-order chi connectivity index (χ1) is 13.1. The van der Waals surface area contributed by atoms with Crippen molar-refractivity contribution >= 4 is 11.7 Å². The van der Waals surface area contributed by atoms with E-state index in [2.05, 4.69) is 27.1 Å². The lowest BCUT2D eigenvalue weighted by molar-refractivity contribution is 0.0948. The topological polar surface area (TPSA) is 67.3 Å². The number of hydrogen-bond donors (Lipinski definition) is 1. The fourth-order valence-corrected chi connectivity index (χ4v) is 3.38. The van der Waals surface area contributed by atoms with Gasteiger partial charge in [0, 0.05) is 25.7 Å². The van der Waals surface area contributed by atoms with Gasteiger partial charge in [0.15, 0.2) is 0 Å². The van der Waals surface area contributed by atoms with Gasteiger partial charge in [-0.05, 0) is 43.7 Å². The zero-order chi connectivity index (χ0) is 19.2. The summed E-state index contributed by atoms with van der Waals surface area (Å²) in [5.74, 6) is 2.90. The Morgan fingerprint density at radius 2 is 2.00 bits per heavy atom. The molecule has 0 spiro atoms. The first-order valence-corrected chi connectivity index (χ1v) is 9.57. The van der Waals surface area contributed by atoms with Gasteiger partial charge in [-0.25, -0.2) is 9.97 Å². The number of aromatic nitrogens is 2. The van der Waals surface area contributed by atoms with Crippen LogP contribution in [0.5, 0.6) is 5.75 Å². The van der Waals surface area contributed by atoms with E-state index in [0.29, 0.717) is 24.5 Å². The Kier molecular flexibility index (Phi) is 6.27. The van der Waals surface area contributed by atoms with Crippen molar-refractivity contribution in [2.24, 2.45) is 5.92 Å². The van der Waals surface area contributed by atoms with Gasteiger partial charge in [-0.3, -0.25) is 4.79 Å². The summed E-state index contributed by atoms with van der Waals surface area (Å²) in [6.45, 7) is 6.60. The molecule has 1 aliphatic rings. The Balaban J connectivity index is 1.62. The number of benzene rings is 1. The Morgan fingerprint density at radius 1 is 1.26 bits per heavy atom. The van der Waals surface area contributed by atoms with Gasteiger partial charge >= 0.3 is 0 Å². The first-order valence-electron chi connectivity index (χ1n) is 9.57. The average molecular weight is 368 g/mol. The number of ether oxygens (including phenoxy) is 1. The largest absolute Gasteiger partial charge is 0.496 e. The number of piperidine rings is 1. The van der Waals surface area contributed by atoms with Crippen molar-refractivity contribution in [1.29, 1.82) is 0 Å². The Labute approximate surface area is 161 Å². The molecule has 6 nitrogen and oxygen atoms in total. The molecule has 0 saturated carbocycles. The lowest BCUT2D eigenvalue weighted by Crippen LogP contribution is -2.34. The van der Waals surface area contributed by atoms with Crippen LogP contribution in [0.3, 0.4) is 0 Å². The second-order valence-corrected chi connectivity index (χ2v) is 7.15. The molecular weight excluding hydrogens is 340 g/mol. The zero-order valence-electron chi connectivity index (χ0n) is 16.4. The second-order valence-electron chi connectivity index (χ2n) is 7.15. The number of nitrogens with one attached hydrogen (secondary N) is 1. The minimum Gasteiger partial charge on any atom is -0.496 e. The molecule has 27 heavy (non-hydrogen) atoms. The highest BCUT2D eigenvalue weighted by Crippen LogP contribution is 2.22. The normalized spacial score (nSPS) is 14.9. The van der Waals surface area contributed by atoms with Crippen LogP contribution >= 0.6 is 0 Å². The number of anilines is 1. The van der Waals surface area contributed by atoms with Crippen LogP contribution in [0, 0.1) is 12.8 Å². The standard InChI is InChI=1S/C21H28N4O2/c1-15-9-12-25(13-10-15)20-14-18(23-16(2)24-20)21(26)22-11-8-17-6-4-5-7-19(17)27-3/h4-7,14-15H,8-13H2,1-3H3,(H,22,26). The van der Waals surface area contributed by atoms with Gasteiger partial charge < -0.3 is 15.0 Å². The van der Waals surface area contributed by atoms with Gasteiger partial charge in [-0.1, -0.05) is 25.1 Å². The number of nitrogens with zero attached hydrogens (tertiary/aromatic N) is 3. The van der Waals surface area contributed by atoms with Gasteiger partial charge in [-0.2, -0.15) is 0 Å². The summed E-state index contributed by atoms with van der Waals surface area (Å²) >= 11 is 0. The molecular formula is C21H28N4O2. The third-order valence-corrected chi connectivity index (χ3v) is 5.04. The lowest BCUT2D eigenvalue weighted by Gasteiger charge is -2.31. The number of aryl methyl sites for hydroxylation is 1. The van der Waals surface area contributed by atoms with E-state index in [1.807, 2.05) is 31.2 Å². The van der Waals surface area contributed by atoms with Crippen LogP contribution in [0.2, 0.25) is 0 Å². The van der Waals surface area contributed by atoms with Crippen molar-refractivity contribution in [3.05, 3.63) is 47.4 Å². The van der Waals surface area contributed by atoms with Crippen molar-refractivity contribution in [1.82, 2.24) is 15.3 Å². The number of carbonyl (C=O) groups is 1. The molecule has 144 valence electrons. The van der Waals surface area contributed by atoms with Gasteiger partial charge in [0.05, 0.1) is 7.11 Å². The van der Waals surface area contributed by atoms with Gasteiger partial charge in [0.25, 0.3) is 5.91 Å². The Bertz CT molecular complexity index is 786. The molecule has 0 unspecified atom stereocenters. The fraction of sp³-hybridized carbons (Fsp3) is 0.476. The number of para-hydroxylation sites is 1. The molecule has 1 aromatic heterocycles. The van der Waals surface area contributed by atoms with Crippen LogP contribution in [0.1, 0.15) is 41.6 Å². The van der Waals surface area contributed by atoms with Gasteiger partial charge in [0.2, 0.25) is 0 Å². The van der Waals surface area contributed by atoms with Crippen molar-refractivity contribution in [2.75, 3.05) is 31.6 Å². The number of hydrogen-bond acceptors (Lipinski definition) is 5. The molecule has 1 fully saturated rings. The molecule has 0 aliphatic carbocycles. The van der Waals surface area contributed by atoms with Crippen LogP contribution < -0.4 is 15.0 Å². The van der Waals surface area contributed by atoms with E-state index >= 15 is 0 Å². The van der Waals surface area contributed by atoms with Crippen molar-refractivity contribution in [3.8, 4) is 5.75 Å². The lowest BCUT2D eigenvalue weighted by atomic mass is 9.99. The molecule has 2 heterocycles. The van der Waals surface area contributed by atoms with E-state index in [0.717, 1.165) is 49.0 Å². The Morgan fingerprint density at radius 3 is 2.74 bits per heavy atom. The molecule has 1 N–H and O–H groups in total. The molecule has 0 radical (unpaired) electrons. The molecule has 1 amide bonds. The fourth-order valence-electron chi connectivity index (χ4n) is 3.38. The van der Waals surface area contributed by atoms with E-state index in [9.17, 15) is 4.79 Å². The smallest absolute Gasteiger partial charge is 0.270 e. The van der Waals surface area contributed by atoms with Crippen LogP contribution in [-0.4, -0.2) is 42.6 Å². The quantitative estimate of drug-likeness (QED) is 0.849. The predicted octanol–water partition coefficient (Wildman–Crippen LogP) is 3.00. The highest BCUT2D eigenvalue weighted by Gasteiger charge is 2.19. The van der Waals surface area contributed by atoms with Crippen molar-refractivity contribution in [3.63, 3.8) is 0 Å². The van der Waals surface area contributed by atoms with E-state index in [1.54, 1.807) is 13.2 Å². The van der Waals surface area contributed by atoms with E-state index < -0.39 is 0 Å². The molecule has 6 heteroatoms. The molecule has 3 rings (SSSR count). The zero-order valence-corrected chi connectivity index (χ0v) is 16.4. The maximum Gasteiger partial charge on any atom is 0.270 e. The maximum absolute atomic E-state index is 12.6. The summed E-state index contributed by atoms with van der Waals surface area (Å²) < 4.78 is 5.35. The number of methoxy groups -OCH3 is 1. The van der Waals surface area contributed by atoms with Crippen LogP contribution in [-0.2, 0) is 6.42 Å². The van der Waals surface area contributed by atoms with Crippen molar-refractivity contribution in [2.45, 2.75) is 33.1 Å². The third kappa shape index (κ3) is 4.96. The monoisotopic (exact) mass is 368 g/mol. The summed E-state index contributed by atoms with van der Waals surface area (Å²) in [5.41, 5.74) is 1.50. The van der Waals surface area contributed by atoms with Gasteiger partial charge in [0.1, 0.15) is 23.1 Å². The average Bonchev–Trinajstić information content (AvgIpc) is 2.68. The SMILES string of the molecule is COc1ccccc1CCNC(=O)c1cc(N2CCC(C)CC2)nc(C)n1. The summed E-state index contributed by atoms with van der Waals surface area (Å²) in [5, 5.41) is 2.96. The Hall–Kier alpha value is -2.63. The molecule has 0 atom stereocenters. The molecule has 1 aliphatic heterocycles. The second kappa shape index (κ2) is 8.84. The van der Waals surface area contributed by atoms with Gasteiger partial charge in [-0.15, -0.1) is 0 Å². The number of amides is 1. The maximum atomic E-state index is 12.6. The first kappa shape index (κ1) is 19.1. The number of rotatable bonds is 6. The summed E-state index contributed by atoms with van der Waals surface area (Å²) in [6, 6.07) is 9.65. The number of carbonyl (C=O) groups excluding carboxylic acids is 1. The molecule has 1 saturated heterocycles. The molecule has 2 aromatic rings. The van der Waals surface area contributed by atoms with E-state index in [4.69, 9.17) is 4.74 Å². The minimum atomic E-state index is -0.165. The molecule has 0 bridgehead atoms. The third-order valence-electron chi connectivity index (χ3n) is 5.04. The van der Waals surface area contributed by atoms with Crippen molar-refractivity contribution < 1.29 is 9.53 Å². The van der Waals surface area contributed by atoms with E-state index in [-0.39, 0.29) is 5.91 Å². The minimum absolute atomic E-state index is 0.165. The summed E-state index contributed by atoms with van der Waals surface area (Å²) in [6.07, 6.45) is 3.02. The van der Waals surface area contributed by atoms with E-state index in [1.165, 1.54) is 0 Å². The van der Waals surface area contributed by atoms with Crippen LogP contribution in [0.15, 0.2) is 30.3 Å². The summed E-state index contributed by atoms with van der Waals surface area (Å²) in [7, 11) is 1.66.